The zero-order valence-corrected chi connectivity index (χ0v) is 10.9. The van der Waals surface area contributed by atoms with Gasteiger partial charge in [-0.25, -0.2) is 4.39 Å². The fourth-order valence-corrected chi connectivity index (χ4v) is 3.06. The Morgan fingerprint density at radius 2 is 2.06 bits per heavy atom. The molecule has 0 saturated heterocycles. The summed E-state index contributed by atoms with van der Waals surface area (Å²) in [6.45, 7) is 1.87. The van der Waals surface area contributed by atoms with Crippen LogP contribution in [0.5, 0.6) is 0 Å². The third kappa shape index (κ3) is 2.23. The van der Waals surface area contributed by atoms with Crippen LogP contribution in [-0.2, 0) is 0 Å². The molecule has 18 heavy (non-hydrogen) atoms. The minimum Gasteiger partial charge on any atom is -0.293 e. The largest absolute Gasteiger partial charge is 0.293 e. The molecule has 3 heteroatoms. The van der Waals surface area contributed by atoms with Crippen LogP contribution in [0.1, 0.15) is 28.1 Å². The average molecular weight is 260 g/mol. The molecule has 3 rings (SSSR count). The average Bonchev–Trinajstić information content (AvgIpc) is 3.04. The highest BCUT2D eigenvalue weighted by Crippen LogP contribution is 2.37. The van der Waals surface area contributed by atoms with E-state index in [4.69, 9.17) is 0 Å². The van der Waals surface area contributed by atoms with Crippen molar-refractivity contribution >= 4 is 17.1 Å². The molecule has 2 aromatic rings. The van der Waals surface area contributed by atoms with Gasteiger partial charge in [0.25, 0.3) is 0 Å². The van der Waals surface area contributed by atoms with Gasteiger partial charge in [0.15, 0.2) is 5.78 Å². The van der Waals surface area contributed by atoms with Crippen molar-refractivity contribution in [1.82, 2.24) is 0 Å². The van der Waals surface area contributed by atoms with Crippen molar-refractivity contribution in [3.63, 3.8) is 0 Å². The van der Waals surface area contributed by atoms with Crippen molar-refractivity contribution in [3.05, 3.63) is 46.6 Å². The first-order chi connectivity index (χ1) is 8.63. The van der Waals surface area contributed by atoms with Gasteiger partial charge in [-0.05, 0) is 55.2 Å². The molecule has 1 aliphatic rings. The van der Waals surface area contributed by atoms with E-state index in [0.717, 1.165) is 33.7 Å². The van der Waals surface area contributed by atoms with Crippen LogP contribution in [0.15, 0.2) is 30.3 Å². The van der Waals surface area contributed by atoms with E-state index in [2.05, 4.69) is 0 Å². The summed E-state index contributed by atoms with van der Waals surface area (Å²) in [5, 5.41) is 0. The third-order valence-corrected chi connectivity index (χ3v) is 4.27. The monoisotopic (exact) mass is 260 g/mol. The second-order valence-corrected chi connectivity index (χ2v) is 5.90. The molecular weight excluding hydrogens is 247 g/mol. The number of carbonyl (C=O) groups excluding carboxylic acids is 1. The predicted molar refractivity (Wildman–Crippen MR) is 71.5 cm³/mol. The SMILES string of the molecule is Cc1cc(F)cc(-c2ccc(C(=O)C3CC3)s2)c1. The van der Waals surface area contributed by atoms with Crippen LogP contribution >= 0.6 is 11.3 Å². The van der Waals surface area contributed by atoms with E-state index in [1.807, 2.05) is 25.1 Å². The zero-order valence-electron chi connectivity index (χ0n) is 10.1. The second kappa shape index (κ2) is 4.32. The molecule has 1 aliphatic carbocycles. The lowest BCUT2D eigenvalue weighted by Crippen LogP contribution is -1.96. The molecular formula is C15H13FOS. The smallest absolute Gasteiger partial charge is 0.175 e. The molecule has 1 aromatic carbocycles. The lowest BCUT2D eigenvalue weighted by atomic mass is 10.1. The van der Waals surface area contributed by atoms with Crippen molar-refractivity contribution in [2.45, 2.75) is 19.8 Å². The summed E-state index contributed by atoms with van der Waals surface area (Å²) in [4.78, 5) is 13.7. The predicted octanol–water partition coefficient (Wildman–Crippen LogP) is 4.46. The van der Waals surface area contributed by atoms with Gasteiger partial charge in [-0.3, -0.25) is 4.79 Å². The van der Waals surface area contributed by atoms with Crippen LogP contribution in [0, 0.1) is 18.7 Å². The Hall–Kier alpha value is -1.48. The summed E-state index contributed by atoms with van der Waals surface area (Å²) in [5.41, 5.74) is 1.75. The lowest BCUT2D eigenvalue weighted by Gasteiger charge is -2.00. The van der Waals surface area contributed by atoms with Gasteiger partial charge in [-0.15, -0.1) is 11.3 Å². The van der Waals surface area contributed by atoms with Gasteiger partial charge in [0.1, 0.15) is 5.82 Å². The first-order valence-electron chi connectivity index (χ1n) is 6.05. The fraction of sp³-hybridized carbons (Fsp3) is 0.267. The van der Waals surface area contributed by atoms with Gasteiger partial charge in [0.05, 0.1) is 4.88 Å². The van der Waals surface area contributed by atoms with E-state index in [1.165, 1.54) is 23.5 Å². The first-order valence-corrected chi connectivity index (χ1v) is 6.87. The van der Waals surface area contributed by atoms with E-state index in [-0.39, 0.29) is 17.5 Å². The van der Waals surface area contributed by atoms with E-state index >= 15 is 0 Å². The molecule has 1 heterocycles. The molecule has 0 radical (unpaired) electrons. The topological polar surface area (TPSA) is 17.1 Å². The maximum Gasteiger partial charge on any atom is 0.175 e. The van der Waals surface area contributed by atoms with Gasteiger partial charge >= 0.3 is 0 Å². The Labute approximate surface area is 109 Å². The summed E-state index contributed by atoms with van der Waals surface area (Å²) < 4.78 is 13.4. The van der Waals surface area contributed by atoms with Crippen molar-refractivity contribution < 1.29 is 9.18 Å². The number of hydrogen-bond donors (Lipinski definition) is 0. The van der Waals surface area contributed by atoms with Gasteiger partial charge in [0, 0.05) is 10.8 Å². The van der Waals surface area contributed by atoms with Gasteiger partial charge in [-0.2, -0.15) is 0 Å². The highest BCUT2D eigenvalue weighted by Gasteiger charge is 2.31. The summed E-state index contributed by atoms with van der Waals surface area (Å²) >= 11 is 1.46. The summed E-state index contributed by atoms with van der Waals surface area (Å²) in [6.07, 6.45) is 2.04. The number of Topliss-reactive ketones (excluding diaryl/α,β-unsaturated/α-hetero) is 1. The Morgan fingerprint density at radius 1 is 1.28 bits per heavy atom. The van der Waals surface area contributed by atoms with E-state index in [9.17, 15) is 9.18 Å². The second-order valence-electron chi connectivity index (χ2n) is 4.82. The Bertz CT molecular complexity index is 590. The third-order valence-electron chi connectivity index (χ3n) is 3.12. The molecule has 0 aliphatic heterocycles. The number of carbonyl (C=O) groups is 1. The van der Waals surface area contributed by atoms with Gasteiger partial charge < -0.3 is 0 Å². The number of ketones is 1. The Balaban J connectivity index is 1.94. The van der Waals surface area contributed by atoms with Crippen LogP contribution in [0.4, 0.5) is 4.39 Å². The highest BCUT2D eigenvalue weighted by molar-refractivity contribution is 7.17. The Morgan fingerprint density at radius 3 is 2.72 bits per heavy atom. The van der Waals surface area contributed by atoms with Crippen LogP contribution in [0.2, 0.25) is 0 Å². The number of halogens is 1. The molecule has 0 amide bonds. The molecule has 0 spiro atoms. The summed E-state index contributed by atoms with van der Waals surface area (Å²) in [7, 11) is 0. The number of aryl methyl sites for hydroxylation is 1. The zero-order chi connectivity index (χ0) is 12.7. The van der Waals surface area contributed by atoms with Crippen LogP contribution in [-0.4, -0.2) is 5.78 Å². The normalized spacial score (nSPS) is 14.8. The first kappa shape index (κ1) is 11.6. The van der Waals surface area contributed by atoms with E-state index in [1.54, 1.807) is 0 Å². The van der Waals surface area contributed by atoms with Crippen molar-refractivity contribution in [2.75, 3.05) is 0 Å². The highest BCUT2D eigenvalue weighted by atomic mass is 32.1. The number of benzene rings is 1. The van der Waals surface area contributed by atoms with Crippen LogP contribution in [0.25, 0.3) is 10.4 Å². The summed E-state index contributed by atoms with van der Waals surface area (Å²) in [5.74, 6) is 0.263. The molecule has 0 unspecified atom stereocenters. The molecule has 0 bridgehead atoms. The molecule has 0 atom stereocenters. The number of rotatable bonds is 3. The molecule has 1 nitrogen and oxygen atoms in total. The van der Waals surface area contributed by atoms with Crippen molar-refractivity contribution in [1.29, 1.82) is 0 Å². The van der Waals surface area contributed by atoms with Gasteiger partial charge in [0.2, 0.25) is 0 Å². The molecule has 1 fully saturated rings. The fourth-order valence-electron chi connectivity index (χ4n) is 2.05. The minimum atomic E-state index is -0.228. The minimum absolute atomic E-state index is 0.228. The van der Waals surface area contributed by atoms with Crippen molar-refractivity contribution in [3.8, 4) is 10.4 Å². The maximum atomic E-state index is 13.4. The van der Waals surface area contributed by atoms with Crippen molar-refractivity contribution in [2.24, 2.45) is 5.92 Å². The standard InChI is InChI=1S/C15H13FOS/c1-9-6-11(8-12(16)7-9)13-4-5-14(18-13)15(17)10-2-3-10/h4-8,10H,2-3H2,1H3. The van der Waals surface area contributed by atoms with Gasteiger partial charge in [-0.1, -0.05) is 6.07 Å². The number of thiophene rings is 1. The molecule has 0 N–H and O–H groups in total. The molecule has 1 saturated carbocycles. The Kier molecular flexibility index (Phi) is 2.78. The lowest BCUT2D eigenvalue weighted by molar-refractivity contribution is 0.0971. The van der Waals surface area contributed by atoms with E-state index < -0.39 is 0 Å². The maximum absolute atomic E-state index is 13.4. The molecule has 92 valence electrons. The van der Waals surface area contributed by atoms with E-state index in [0.29, 0.717) is 0 Å². The molecule has 1 aromatic heterocycles. The summed E-state index contributed by atoms with van der Waals surface area (Å²) in [6, 6.07) is 8.74. The number of hydrogen-bond acceptors (Lipinski definition) is 2. The van der Waals surface area contributed by atoms with Crippen LogP contribution < -0.4 is 0 Å². The van der Waals surface area contributed by atoms with Crippen LogP contribution in [0.3, 0.4) is 0 Å². The quantitative estimate of drug-likeness (QED) is 0.745.